The molecule has 1 atom stereocenters. The molecular formula is C45H53F2N11O7. The first-order valence-electron chi connectivity index (χ1n) is 22.4. The number of nitrogens with zero attached hydrogens (tertiary/aromatic N) is 9. The Morgan fingerprint density at radius 1 is 0.892 bits per heavy atom. The highest BCUT2D eigenvalue weighted by Gasteiger charge is 2.49. The fourth-order valence-corrected chi connectivity index (χ4v) is 10.00. The van der Waals surface area contributed by atoms with E-state index in [0.717, 1.165) is 81.2 Å². The lowest BCUT2D eigenvalue weighted by molar-refractivity contribution is -0.140. The maximum atomic E-state index is 15.1. The number of benzene rings is 2. The summed E-state index contributed by atoms with van der Waals surface area (Å²) in [6, 6.07) is 9.13. The number of alkyl halides is 2. The van der Waals surface area contributed by atoms with Crippen LogP contribution in [0.15, 0.2) is 42.6 Å². The summed E-state index contributed by atoms with van der Waals surface area (Å²) < 4.78 is 35.8. The molecule has 344 valence electrons. The highest BCUT2D eigenvalue weighted by molar-refractivity contribution is 6.25. The Labute approximate surface area is 374 Å². The van der Waals surface area contributed by atoms with Crippen LogP contribution in [0, 0.1) is 0 Å². The minimum Gasteiger partial charge on any atom is -0.495 e. The largest absolute Gasteiger partial charge is 0.495 e. The second-order valence-corrected chi connectivity index (χ2v) is 17.5. The number of carbonyl (C=O) groups is 6. The van der Waals surface area contributed by atoms with Crippen molar-refractivity contribution in [3.8, 4) is 5.75 Å². The lowest BCUT2D eigenvalue weighted by Gasteiger charge is -2.38. The molecule has 65 heavy (non-hydrogen) atoms. The van der Waals surface area contributed by atoms with Crippen molar-refractivity contribution in [3.05, 3.63) is 59.3 Å². The smallest absolute Gasteiger partial charge is 0.342 e. The predicted octanol–water partition coefficient (Wildman–Crippen LogP) is 2.96. The number of aromatic nitrogens is 2. The van der Waals surface area contributed by atoms with Crippen LogP contribution in [0.4, 0.5) is 37.6 Å². The Morgan fingerprint density at radius 2 is 1.60 bits per heavy atom. The zero-order valence-corrected chi connectivity index (χ0v) is 36.6. The Balaban J connectivity index is 0.751. The number of nitrogens with one attached hydrogen (secondary N) is 2. The van der Waals surface area contributed by atoms with E-state index >= 15 is 8.78 Å². The van der Waals surface area contributed by atoms with E-state index in [1.54, 1.807) is 35.2 Å². The minimum atomic E-state index is -3.58. The van der Waals surface area contributed by atoms with Crippen LogP contribution in [0.5, 0.6) is 5.75 Å². The number of anilines is 5. The summed E-state index contributed by atoms with van der Waals surface area (Å²) in [5.41, 5.74) is 2.43. The highest BCUT2D eigenvalue weighted by Crippen LogP contribution is 2.40. The Hall–Kier alpha value is -6.28. The third-order valence-electron chi connectivity index (χ3n) is 13.6. The van der Waals surface area contributed by atoms with E-state index in [2.05, 4.69) is 35.3 Å². The SMILES string of the molecule is COc1cc(C(=O)N2CCN(CCCN3CCN(c4cccc5c4C(=O)N(C4CCC(=O)NC4=O)C5=O)CC3)CC2)ccc1Nc1ncc2c(n1)N(C1CCCC1)CC(F)(F)C(=O)N2C. The Kier molecular flexibility index (Phi) is 12.1. The van der Waals surface area contributed by atoms with Crippen LogP contribution in [0.2, 0.25) is 0 Å². The van der Waals surface area contributed by atoms with Gasteiger partial charge in [0, 0.05) is 77.4 Å². The van der Waals surface area contributed by atoms with E-state index in [-0.39, 0.29) is 47.8 Å². The van der Waals surface area contributed by atoms with E-state index in [1.807, 2.05) is 11.0 Å². The van der Waals surface area contributed by atoms with Crippen molar-refractivity contribution in [2.24, 2.45) is 0 Å². The van der Waals surface area contributed by atoms with Gasteiger partial charge in [-0.2, -0.15) is 13.8 Å². The van der Waals surface area contributed by atoms with Gasteiger partial charge in [0.2, 0.25) is 17.8 Å². The average Bonchev–Trinajstić information content (AvgIpc) is 3.93. The third-order valence-corrected chi connectivity index (χ3v) is 13.6. The zero-order chi connectivity index (χ0) is 45.6. The Bertz CT molecular complexity index is 2400. The van der Waals surface area contributed by atoms with Crippen LogP contribution in [0.25, 0.3) is 0 Å². The predicted molar refractivity (Wildman–Crippen MR) is 235 cm³/mol. The number of hydrogen-bond donors (Lipinski definition) is 2. The van der Waals surface area contributed by atoms with Gasteiger partial charge in [-0.25, -0.2) is 4.98 Å². The molecule has 5 aliphatic heterocycles. The molecule has 0 spiro atoms. The normalized spacial score (nSPS) is 22.0. The van der Waals surface area contributed by atoms with E-state index in [9.17, 15) is 28.8 Å². The maximum Gasteiger partial charge on any atom is 0.342 e. The van der Waals surface area contributed by atoms with Gasteiger partial charge in [-0.3, -0.25) is 48.8 Å². The quantitative estimate of drug-likeness (QED) is 0.268. The molecule has 0 radical (unpaired) electrons. The van der Waals surface area contributed by atoms with E-state index in [1.165, 1.54) is 20.4 Å². The van der Waals surface area contributed by atoms with E-state index in [4.69, 9.17) is 4.74 Å². The molecule has 1 aliphatic carbocycles. The Morgan fingerprint density at radius 3 is 2.29 bits per heavy atom. The van der Waals surface area contributed by atoms with Crippen LogP contribution in [0.3, 0.4) is 0 Å². The molecule has 6 heterocycles. The molecule has 18 nitrogen and oxygen atoms in total. The number of piperidine rings is 1. The van der Waals surface area contributed by atoms with Crippen molar-refractivity contribution in [2.45, 2.75) is 63.0 Å². The summed E-state index contributed by atoms with van der Waals surface area (Å²) in [5.74, 6) is -6.26. The van der Waals surface area contributed by atoms with Gasteiger partial charge in [0.05, 0.1) is 42.4 Å². The second kappa shape index (κ2) is 17.9. The first kappa shape index (κ1) is 43.9. The summed E-state index contributed by atoms with van der Waals surface area (Å²) in [4.78, 5) is 98.8. The molecule has 0 bridgehead atoms. The number of fused-ring (bicyclic) bond motifs is 2. The van der Waals surface area contributed by atoms with Gasteiger partial charge in [-0.05, 0) is 69.1 Å². The number of carbonyl (C=O) groups excluding carboxylic acids is 6. The van der Waals surface area contributed by atoms with Crippen molar-refractivity contribution < 1.29 is 42.3 Å². The number of imide groups is 2. The van der Waals surface area contributed by atoms with Crippen molar-refractivity contribution in [3.63, 3.8) is 0 Å². The second-order valence-electron chi connectivity index (χ2n) is 17.5. The molecule has 3 aromatic rings. The molecule has 20 heteroatoms. The van der Waals surface area contributed by atoms with Gasteiger partial charge in [0.25, 0.3) is 23.6 Å². The minimum absolute atomic E-state index is 0.0683. The van der Waals surface area contributed by atoms with Gasteiger partial charge in [-0.1, -0.05) is 18.9 Å². The molecule has 6 aliphatic rings. The fraction of sp³-hybridized carbons (Fsp3) is 0.511. The lowest BCUT2D eigenvalue weighted by atomic mass is 10.0. The van der Waals surface area contributed by atoms with Gasteiger partial charge in [0.15, 0.2) is 5.82 Å². The molecule has 4 fully saturated rings. The summed E-state index contributed by atoms with van der Waals surface area (Å²) in [5, 5.41) is 5.38. The van der Waals surface area contributed by atoms with Gasteiger partial charge in [-0.15, -0.1) is 0 Å². The first-order chi connectivity index (χ1) is 31.3. The summed E-state index contributed by atoms with van der Waals surface area (Å²) >= 11 is 0. The number of methoxy groups -OCH3 is 1. The number of halogens is 2. The fourth-order valence-electron chi connectivity index (χ4n) is 10.00. The first-order valence-corrected chi connectivity index (χ1v) is 22.4. The molecular weight excluding hydrogens is 845 g/mol. The maximum absolute atomic E-state index is 15.1. The van der Waals surface area contributed by atoms with Crippen LogP contribution >= 0.6 is 0 Å². The number of rotatable bonds is 11. The van der Waals surface area contributed by atoms with Crippen LogP contribution in [-0.2, 0) is 14.4 Å². The van der Waals surface area contributed by atoms with Crippen molar-refractivity contribution in [2.75, 3.05) is 106 Å². The van der Waals surface area contributed by atoms with Gasteiger partial charge < -0.3 is 29.7 Å². The van der Waals surface area contributed by atoms with Crippen LogP contribution in [0.1, 0.15) is 76.0 Å². The van der Waals surface area contributed by atoms with Crippen LogP contribution < -0.4 is 30.1 Å². The summed E-state index contributed by atoms with van der Waals surface area (Å²) in [6.07, 6.45) is 5.79. The summed E-state index contributed by atoms with van der Waals surface area (Å²) in [7, 11) is 2.81. The molecule has 2 aromatic carbocycles. The van der Waals surface area contributed by atoms with Gasteiger partial charge in [0.1, 0.15) is 17.5 Å². The van der Waals surface area contributed by atoms with Crippen LogP contribution in [-0.4, -0.2) is 169 Å². The third kappa shape index (κ3) is 8.56. The zero-order valence-electron chi connectivity index (χ0n) is 36.6. The standard InChI is InChI=1S/C45H53F2N11O7/c1-52-34-26-48-44(51-38(34)57(29-7-3-4-8-29)27-45(46,47)43(52)64)49-31-12-11-28(25-35(31)65-2)40(61)56-23-19-54(20-24-56)16-6-15-53-17-21-55(22-18-53)32-10-5-9-30-37(32)42(63)58(41(30)62)33-13-14-36(59)50-39(33)60/h5,9-12,25-26,29,33H,3-4,6-8,13-24,27H2,1-2H3,(H,48,49,51)(H,50,59,60). The molecule has 9 rings (SSSR count). The topological polar surface area (TPSA) is 184 Å². The number of amides is 6. The van der Waals surface area contributed by atoms with E-state index < -0.39 is 48.0 Å². The number of ether oxygens (including phenoxy) is 1. The van der Waals surface area contributed by atoms with Crippen molar-refractivity contribution in [1.29, 1.82) is 0 Å². The molecule has 6 amide bonds. The molecule has 3 saturated heterocycles. The molecule has 1 aromatic heterocycles. The van der Waals surface area contributed by atoms with Crippen molar-refractivity contribution in [1.82, 2.24) is 34.9 Å². The monoisotopic (exact) mass is 897 g/mol. The molecule has 1 saturated carbocycles. The summed E-state index contributed by atoms with van der Waals surface area (Å²) in [6.45, 7) is 6.53. The number of piperazine rings is 2. The number of hydrogen-bond acceptors (Lipinski definition) is 14. The van der Waals surface area contributed by atoms with E-state index in [0.29, 0.717) is 54.4 Å². The lowest BCUT2D eigenvalue weighted by Crippen LogP contribution is -2.54. The molecule has 1 unspecified atom stereocenters. The average molecular weight is 898 g/mol. The molecule has 2 N–H and O–H groups in total. The van der Waals surface area contributed by atoms with Gasteiger partial charge >= 0.3 is 5.92 Å². The highest BCUT2D eigenvalue weighted by atomic mass is 19.3. The van der Waals surface area contributed by atoms with Crippen molar-refractivity contribution >= 4 is 64.3 Å².